The Labute approximate surface area is 170 Å². The second-order valence-corrected chi connectivity index (χ2v) is 9.96. The number of carbonyl (C=O) groups excluding carboxylic acids is 1. The van der Waals surface area contributed by atoms with Crippen LogP contribution in [0.15, 0.2) is 47.4 Å². The number of carbonyl (C=O) groups is 1. The average Bonchev–Trinajstić information content (AvgIpc) is 3.24. The molecule has 2 fully saturated rings. The third-order valence-corrected chi connectivity index (χ3v) is 7.56. The highest BCUT2D eigenvalue weighted by Gasteiger charge is 2.40. The number of amides is 1. The van der Waals surface area contributed by atoms with Gasteiger partial charge in [-0.1, -0.05) is 35.7 Å². The van der Waals surface area contributed by atoms with Crippen LogP contribution < -0.4 is 10.0 Å². The maximum absolute atomic E-state index is 12.6. The first-order valence-corrected chi connectivity index (χ1v) is 11.4. The summed E-state index contributed by atoms with van der Waals surface area (Å²) in [4.78, 5) is 12.8. The van der Waals surface area contributed by atoms with Crippen molar-refractivity contribution in [2.45, 2.75) is 43.5 Å². The number of fused-ring (bicyclic) bond motifs is 2. The predicted molar refractivity (Wildman–Crippen MR) is 110 cm³/mol. The van der Waals surface area contributed by atoms with Gasteiger partial charge in [0.25, 0.3) is 15.9 Å². The van der Waals surface area contributed by atoms with E-state index in [2.05, 4.69) is 10.0 Å². The van der Waals surface area contributed by atoms with Crippen LogP contribution in [0.25, 0.3) is 0 Å². The predicted octanol–water partition coefficient (Wildman–Crippen LogP) is 4.37. The number of sulfonamides is 1. The van der Waals surface area contributed by atoms with Gasteiger partial charge in [0.2, 0.25) is 0 Å². The lowest BCUT2D eigenvalue weighted by molar-refractivity contribution is 0.0923. The highest BCUT2D eigenvalue weighted by molar-refractivity contribution is 7.92. The second-order valence-electron chi connectivity index (χ2n) is 7.87. The average molecular weight is 419 g/mol. The molecule has 148 valence electrons. The van der Waals surface area contributed by atoms with Crippen LogP contribution >= 0.6 is 11.6 Å². The molecular formula is C21H23ClN2O3S. The third-order valence-electron chi connectivity index (χ3n) is 5.85. The van der Waals surface area contributed by atoms with Crippen molar-refractivity contribution < 1.29 is 13.2 Å². The molecule has 2 bridgehead atoms. The molecule has 0 heterocycles. The molecule has 1 amide bonds. The Morgan fingerprint density at radius 1 is 1.07 bits per heavy atom. The molecule has 2 aromatic carbocycles. The van der Waals surface area contributed by atoms with Crippen molar-refractivity contribution in [1.29, 1.82) is 0 Å². The van der Waals surface area contributed by atoms with E-state index in [0.29, 0.717) is 17.2 Å². The fourth-order valence-corrected chi connectivity index (χ4v) is 5.68. The Balaban J connectivity index is 1.46. The number of anilines is 1. The highest BCUT2D eigenvalue weighted by Crippen LogP contribution is 2.44. The summed E-state index contributed by atoms with van der Waals surface area (Å²) in [6.45, 7) is 1.89. The number of aryl methyl sites for hydroxylation is 1. The molecule has 0 spiro atoms. The van der Waals surface area contributed by atoms with Crippen LogP contribution in [0.1, 0.15) is 41.6 Å². The van der Waals surface area contributed by atoms with Crippen LogP contribution in [0, 0.1) is 18.8 Å². The molecular weight excluding hydrogens is 396 g/mol. The van der Waals surface area contributed by atoms with E-state index in [1.807, 2.05) is 6.92 Å². The molecule has 0 unspecified atom stereocenters. The summed E-state index contributed by atoms with van der Waals surface area (Å²) in [5, 5.41) is 3.33. The number of benzene rings is 2. The fourth-order valence-electron chi connectivity index (χ4n) is 4.36. The van der Waals surface area contributed by atoms with Gasteiger partial charge in [-0.3, -0.25) is 9.52 Å². The number of nitrogens with one attached hydrogen (secondary N) is 2. The SMILES string of the molecule is Cc1ccc(S(=O)(=O)Nc2ccc(C(=O)N[C@@H]3C[C@@H]4CC[C@@H]3C4)c(Cl)c2)cc1. The lowest BCUT2D eigenvalue weighted by Gasteiger charge is -2.23. The molecule has 7 heteroatoms. The van der Waals surface area contributed by atoms with Crippen molar-refractivity contribution in [2.75, 3.05) is 4.72 Å². The molecule has 2 N–H and O–H groups in total. The Kier molecular flexibility index (Phi) is 5.10. The minimum absolute atomic E-state index is 0.173. The van der Waals surface area contributed by atoms with E-state index in [1.54, 1.807) is 36.4 Å². The van der Waals surface area contributed by atoms with E-state index in [9.17, 15) is 13.2 Å². The first kappa shape index (κ1) is 19.3. The number of hydrogen-bond acceptors (Lipinski definition) is 3. The summed E-state index contributed by atoms with van der Waals surface area (Å²) in [5.74, 6) is 1.12. The largest absolute Gasteiger partial charge is 0.349 e. The van der Waals surface area contributed by atoms with Crippen LogP contribution in [0.3, 0.4) is 0 Å². The van der Waals surface area contributed by atoms with Crippen molar-refractivity contribution in [3.63, 3.8) is 0 Å². The normalized spacial score (nSPS) is 23.6. The van der Waals surface area contributed by atoms with Gasteiger partial charge in [0.15, 0.2) is 0 Å². The van der Waals surface area contributed by atoms with Crippen LogP contribution in [-0.2, 0) is 10.0 Å². The summed E-state index contributed by atoms with van der Waals surface area (Å²) in [7, 11) is -3.71. The van der Waals surface area contributed by atoms with E-state index in [1.165, 1.54) is 25.3 Å². The summed E-state index contributed by atoms with van der Waals surface area (Å²) >= 11 is 6.29. The smallest absolute Gasteiger partial charge is 0.261 e. The standard InChI is InChI=1S/C21H23ClN2O3S/c1-13-2-7-17(8-3-13)28(26,27)24-16-6-9-18(19(22)12-16)21(25)23-20-11-14-4-5-15(20)10-14/h2-3,6-9,12,14-15,20,24H,4-5,10-11H2,1H3,(H,23,25)/t14-,15-,20-/m1/s1. The maximum Gasteiger partial charge on any atom is 0.261 e. The van der Waals surface area contributed by atoms with Crippen LogP contribution in [-0.4, -0.2) is 20.4 Å². The van der Waals surface area contributed by atoms with Gasteiger partial charge in [-0.15, -0.1) is 0 Å². The van der Waals surface area contributed by atoms with Gasteiger partial charge >= 0.3 is 0 Å². The van der Waals surface area contributed by atoms with Gasteiger partial charge in [-0.05, 0) is 68.4 Å². The van der Waals surface area contributed by atoms with Crippen molar-refractivity contribution in [3.8, 4) is 0 Å². The van der Waals surface area contributed by atoms with E-state index in [4.69, 9.17) is 11.6 Å². The zero-order valence-electron chi connectivity index (χ0n) is 15.6. The van der Waals surface area contributed by atoms with Gasteiger partial charge in [0.1, 0.15) is 0 Å². The summed E-state index contributed by atoms with van der Waals surface area (Å²) in [6, 6.07) is 11.4. The van der Waals surface area contributed by atoms with E-state index < -0.39 is 10.0 Å². The van der Waals surface area contributed by atoms with Gasteiger partial charge in [0, 0.05) is 6.04 Å². The number of rotatable bonds is 5. The van der Waals surface area contributed by atoms with Gasteiger partial charge in [-0.25, -0.2) is 8.42 Å². The van der Waals surface area contributed by atoms with Crippen LogP contribution in [0.4, 0.5) is 5.69 Å². The Bertz CT molecular complexity index is 1000. The second kappa shape index (κ2) is 7.41. The van der Waals surface area contributed by atoms with Crippen molar-refractivity contribution in [1.82, 2.24) is 5.32 Å². The zero-order valence-corrected chi connectivity index (χ0v) is 17.2. The molecule has 3 atom stereocenters. The van der Waals surface area contributed by atoms with Crippen LogP contribution in [0.2, 0.25) is 5.02 Å². The van der Waals surface area contributed by atoms with Crippen LogP contribution in [0.5, 0.6) is 0 Å². The number of hydrogen-bond donors (Lipinski definition) is 2. The first-order chi connectivity index (χ1) is 13.3. The Morgan fingerprint density at radius 2 is 1.82 bits per heavy atom. The Hall–Kier alpha value is -2.05. The quantitative estimate of drug-likeness (QED) is 0.757. The highest BCUT2D eigenvalue weighted by atomic mass is 35.5. The molecule has 4 rings (SSSR count). The summed E-state index contributed by atoms with van der Waals surface area (Å²) in [5.41, 5.74) is 1.66. The molecule has 2 aliphatic carbocycles. The maximum atomic E-state index is 12.6. The molecule has 0 aromatic heterocycles. The summed E-state index contributed by atoms with van der Waals surface area (Å²) < 4.78 is 27.5. The zero-order chi connectivity index (χ0) is 19.9. The molecule has 5 nitrogen and oxygen atoms in total. The lowest BCUT2D eigenvalue weighted by atomic mass is 9.95. The molecule has 28 heavy (non-hydrogen) atoms. The molecule has 0 aliphatic heterocycles. The van der Waals surface area contributed by atoms with Crippen molar-refractivity contribution in [3.05, 3.63) is 58.6 Å². The number of halogens is 1. The Morgan fingerprint density at radius 3 is 2.43 bits per heavy atom. The summed E-state index contributed by atoms with van der Waals surface area (Å²) in [6.07, 6.45) is 4.71. The first-order valence-electron chi connectivity index (χ1n) is 9.52. The fraction of sp³-hybridized carbons (Fsp3) is 0.381. The molecule has 2 saturated carbocycles. The molecule has 0 saturated heterocycles. The molecule has 2 aliphatic rings. The minimum atomic E-state index is -3.71. The lowest BCUT2D eigenvalue weighted by Crippen LogP contribution is -2.38. The van der Waals surface area contributed by atoms with Gasteiger partial charge < -0.3 is 5.32 Å². The topological polar surface area (TPSA) is 75.3 Å². The third kappa shape index (κ3) is 3.89. The van der Waals surface area contributed by atoms with E-state index in [0.717, 1.165) is 17.9 Å². The van der Waals surface area contributed by atoms with Gasteiger partial charge in [0.05, 0.1) is 21.2 Å². The van der Waals surface area contributed by atoms with E-state index >= 15 is 0 Å². The molecule has 0 radical (unpaired) electrons. The van der Waals surface area contributed by atoms with Crippen molar-refractivity contribution in [2.24, 2.45) is 11.8 Å². The van der Waals surface area contributed by atoms with E-state index in [-0.39, 0.29) is 21.9 Å². The molecule has 2 aromatic rings. The minimum Gasteiger partial charge on any atom is -0.349 e. The van der Waals surface area contributed by atoms with Gasteiger partial charge in [-0.2, -0.15) is 0 Å². The monoisotopic (exact) mass is 418 g/mol. The van der Waals surface area contributed by atoms with Crippen molar-refractivity contribution >= 4 is 33.2 Å².